The fourth-order valence-electron chi connectivity index (χ4n) is 2.26. The number of nitriles is 1. The summed E-state index contributed by atoms with van der Waals surface area (Å²) in [6.45, 7) is 5.56. The lowest BCUT2D eigenvalue weighted by Crippen LogP contribution is -2.32. The number of esters is 1. The molecular formula is C14H21NO3. The van der Waals surface area contributed by atoms with E-state index in [9.17, 15) is 9.59 Å². The number of ether oxygens (including phenoxy) is 1. The van der Waals surface area contributed by atoms with E-state index in [1.165, 1.54) is 0 Å². The van der Waals surface area contributed by atoms with Crippen LogP contribution in [0.2, 0.25) is 0 Å². The van der Waals surface area contributed by atoms with Crippen LogP contribution in [0.25, 0.3) is 0 Å². The number of Topliss-reactive ketones (excluding diaryl/α,β-unsaturated/α-hetero) is 1. The molecule has 0 N–H and O–H groups in total. The summed E-state index contributed by atoms with van der Waals surface area (Å²) in [5.74, 6) is -0.271. The Morgan fingerprint density at radius 3 is 2.11 bits per heavy atom. The topological polar surface area (TPSA) is 67.2 Å². The van der Waals surface area contributed by atoms with Crippen molar-refractivity contribution in [1.82, 2.24) is 0 Å². The van der Waals surface area contributed by atoms with Gasteiger partial charge in [-0.3, -0.25) is 9.59 Å². The van der Waals surface area contributed by atoms with E-state index in [1.54, 1.807) is 0 Å². The summed E-state index contributed by atoms with van der Waals surface area (Å²) in [7, 11) is 0. The van der Waals surface area contributed by atoms with Crippen molar-refractivity contribution in [2.45, 2.75) is 58.5 Å². The zero-order valence-electron chi connectivity index (χ0n) is 11.4. The third-order valence-electron chi connectivity index (χ3n) is 3.18. The van der Waals surface area contributed by atoms with Gasteiger partial charge in [0, 0.05) is 5.92 Å². The first-order chi connectivity index (χ1) is 8.33. The molecule has 1 aliphatic carbocycles. The van der Waals surface area contributed by atoms with Crippen molar-refractivity contribution in [1.29, 1.82) is 5.26 Å². The van der Waals surface area contributed by atoms with Gasteiger partial charge in [-0.1, -0.05) is 0 Å². The fourth-order valence-corrected chi connectivity index (χ4v) is 2.26. The van der Waals surface area contributed by atoms with Gasteiger partial charge in [-0.15, -0.1) is 0 Å². The van der Waals surface area contributed by atoms with Crippen LogP contribution in [0.3, 0.4) is 0 Å². The Morgan fingerprint density at radius 1 is 1.17 bits per heavy atom. The minimum absolute atomic E-state index is 0.0121. The molecule has 100 valence electrons. The summed E-state index contributed by atoms with van der Waals surface area (Å²) < 4.78 is 5.34. The second kappa shape index (κ2) is 5.99. The highest BCUT2D eigenvalue weighted by atomic mass is 16.6. The van der Waals surface area contributed by atoms with Gasteiger partial charge < -0.3 is 4.74 Å². The largest absolute Gasteiger partial charge is 0.460 e. The van der Waals surface area contributed by atoms with Crippen LogP contribution in [0.15, 0.2) is 0 Å². The smallest absolute Gasteiger partial charge is 0.309 e. The van der Waals surface area contributed by atoms with Crippen LogP contribution >= 0.6 is 0 Å². The molecule has 4 heteroatoms. The number of ketones is 1. The molecule has 0 aromatic rings. The normalized spacial score (nSPS) is 24.1. The first-order valence-electron chi connectivity index (χ1n) is 6.46. The lowest BCUT2D eigenvalue weighted by molar-refractivity contribution is -0.161. The summed E-state index contributed by atoms with van der Waals surface area (Å²) in [4.78, 5) is 23.4. The predicted molar refractivity (Wildman–Crippen MR) is 66.5 cm³/mol. The lowest BCUT2D eigenvalue weighted by Gasteiger charge is -2.28. The first-order valence-corrected chi connectivity index (χ1v) is 6.46. The number of nitrogens with zero attached hydrogens (tertiary/aromatic N) is 1. The maximum atomic E-state index is 11.9. The molecule has 1 rings (SSSR count). The molecule has 1 fully saturated rings. The molecule has 0 bridgehead atoms. The summed E-state index contributed by atoms with van der Waals surface area (Å²) in [5.41, 5.74) is -0.454. The van der Waals surface area contributed by atoms with Crippen LogP contribution in [0.4, 0.5) is 0 Å². The van der Waals surface area contributed by atoms with E-state index < -0.39 is 5.60 Å². The monoisotopic (exact) mass is 251 g/mol. The standard InChI is InChI=1S/C14H21NO3/c1-14(2,3)18-13(17)11-6-4-10(5-7-11)12(16)8-9-15/h10-11H,4-8H2,1-3H3. The second-order valence-electron chi connectivity index (χ2n) is 5.88. The van der Waals surface area contributed by atoms with Crippen LogP contribution in [-0.4, -0.2) is 17.4 Å². The van der Waals surface area contributed by atoms with Gasteiger partial charge in [0.05, 0.1) is 18.4 Å². The van der Waals surface area contributed by atoms with Crippen LogP contribution < -0.4 is 0 Å². The van der Waals surface area contributed by atoms with Gasteiger partial charge >= 0.3 is 5.97 Å². The molecular weight excluding hydrogens is 230 g/mol. The molecule has 0 saturated heterocycles. The average Bonchev–Trinajstić information content (AvgIpc) is 2.27. The maximum absolute atomic E-state index is 11.9. The zero-order chi connectivity index (χ0) is 13.8. The molecule has 0 radical (unpaired) electrons. The van der Waals surface area contributed by atoms with Crippen molar-refractivity contribution in [2.24, 2.45) is 11.8 Å². The van der Waals surface area contributed by atoms with Crippen LogP contribution in [0.1, 0.15) is 52.9 Å². The van der Waals surface area contributed by atoms with Gasteiger partial charge in [0.15, 0.2) is 0 Å². The molecule has 0 spiro atoms. The molecule has 0 aliphatic heterocycles. The Bertz CT molecular complexity index is 354. The molecule has 0 unspecified atom stereocenters. The SMILES string of the molecule is CC(C)(C)OC(=O)C1CCC(C(=O)CC#N)CC1. The molecule has 0 atom stereocenters. The van der Waals surface area contributed by atoms with E-state index in [0.717, 1.165) is 0 Å². The van der Waals surface area contributed by atoms with Gasteiger partial charge in [-0.25, -0.2) is 0 Å². The summed E-state index contributed by atoms with van der Waals surface area (Å²) in [6.07, 6.45) is 2.77. The van der Waals surface area contributed by atoms with Gasteiger partial charge in [-0.2, -0.15) is 5.26 Å². The average molecular weight is 251 g/mol. The van der Waals surface area contributed by atoms with Crippen molar-refractivity contribution in [2.75, 3.05) is 0 Å². The molecule has 0 amide bonds. The van der Waals surface area contributed by atoms with Gasteiger partial charge in [-0.05, 0) is 46.5 Å². The Kier molecular flexibility index (Phi) is 4.89. The first kappa shape index (κ1) is 14.7. The van der Waals surface area contributed by atoms with E-state index in [0.29, 0.717) is 25.7 Å². The Labute approximate surface area is 108 Å². The Hall–Kier alpha value is -1.37. The van der Waals surface area contributed by atoms with Crippen molar-refractivity contribution < 1.29 is 14.3 Å². The number of hydrogen-bond acceptors (Lipinski definition) is 4. The highest BCUT2D eigenvalue weighted by Gasteiger charge is 2.32. The van der Waals surface area contributed by atoms with Crippen molar-refractivity contribution >= 4 is 11.8 Å². The zero-order valence-corrected chi connectivity index (χ0v) is 11.4. The molecule has 18 heavy (non-hydrogen) atoms. The van der Waals surface area contributed by atoms with Gasteiger partial charge in [0.1, 0.15) is 11.4 Å². The van der Waals surface area contributed by atoms with E-state index in [2.05, 4.69) is 0 Å². The molecule has 1 aliphatic rings. The second-order valence-corrected chi connectivity index (χ2v) is 5.88. The van der Waals surface area contributed by atoms with Crippen LogP contribution in [-0.2, 0) is 14.3 Å². The minimum Gasteiger partial charge on any atom is -0.460 e. The van der Waals surface area contributed by atoms with Gasteiger partial charge in [0.2, 0.25) is 0 Å². The van der Waals surface area contributed by atoms with Gasteiger partial charge in [0.25, 0.3) is 0 Å². The van der Waals surface area contributed by atoms with Crippen molar-refractivity contribution in [3.63, 3.8) is 0 Å². The molecule has 0 aromatic carbocycles. The Balaban J connectivity index is 2.42. The summed E-state index contributed by atoms with van der Waals surface area (Å²) in [5, 5.41) is 8.49. The third kappa shape index (κ3) is 4.48. The highest BCUT2D eigenvalue weighted by Crippen LogP contribution is 2.31. The molecule has 4 nitrogen and oxygen atoms in total. The summed E-state index contributed by atoms with van der Waals surface area (Å²) in [6, 6.07) is 1.89. The highest BCUT2D eigenvalue weighted by molar-refractivity contribution is 5.83. The number of rotatable bonds is 3. The molecule has 0 aromatic heterocycles. The third-order valence-corrected chi connectivity index (χ3v) is 3.18. The number of hydrogen-bond donors (Lipinski definition) is 0. The number of carbonyl (C=O) groups excluding carboxylic acids is 2. The molecule has 0 heterocycles. The molecule has 1 saturated carbocycles. The minimum atomic E-state index is -0.454. The van der Waals surface area contributed by atoms with E-state index in [1.807, 2.05) is 26.8 Å². The van der Waals surface area contributed by atoms with E-state index in [-0.39, 0.29) is 30.0 Å². The fraction of sp³-hybridized carbons (Fsp3) is 0.786. The van der Waals surface area contributed by atoms with E-state index >= 15 is 0 Å². The van der Waals surface area contributed by atoms with Crippen molar-refractivity contribution in [3.8, 4) is 6.07 Å². The number of carbonyl (C=O) groups is 2. The van der Waals surface area contributed by atoms with Crippen LogP contribution in [0, 0.1) is 23.2 Å². The van der Waals surface area contributed by atoms with Crippen molar-refractivity contribution in [3.05, 3.63) is 0 Å². The van der Waals surface area contributed by atoms with E-state index in [4.69, 9.17) is 10.00 Å². The summed E-state index contributed by atoms with van der Waals surface area (Å²) >= 11 is 0. The maximum Gasteiger partial charge on any atom is 0.309 e. The predicted octanol–water partition coefficient (Wildman–Crippen LogP) is 2.62. The Morgan fingerprint density at radius 2 is 1.67 bits per heavy atom. The lowest BCUT2D eigenvalue weighted by atomic mass is 9.79. The quantitative estimate of drug-likeness (QED) is 0.723. The van der Waals surface area contributed by atoms with Crippen LogP contribution in [0.5, 0.6) is 0 Å².